The lowest BCUT2D eigenvalue weighted by Crippen LogP contribution is -2.37. The Morgan fingerprint density at radius 2 is 1.27 bits per heavy atom. The third-order valence-corrected chi connectivity index (χ3v) is 6.10. The molecule has 0 bridgehead atoms. The second-order valence-electron chi connectivity index (χ2n) is 7.13. The summed E-state index contributed by atoms with van der Waals surface area (Å²) in [6.45, 7) is -0.685. The summed E-state index contributed by atoms with van der Waals surface area (Å²) in [4.78, 5) is 3.74. The Bertz CT molecular complexity index is 973. The molecule has 152 valence electrons. The maximum atomic E-state index is 13.1. The maximum Gasteiger partial charge on any atom is 0.121 e. The number of hydrogen-bond acceptors (Lipinski definition) is 2. The van der Waals surface area contributed by atoms with Gasteiger partial charge < -0.3 is 9.67 Å². The number of halogens is 2. The van der Waals surface area contributed by atoms with Gasteiger partial charge in [-0.1, -0.05) is 107 Å². The molecule has 0 amide bonds. The smallest absolute Gasteiger partial charge is 0.121 e. The van der Waals surface area contributed by atoms with Crippen molar-refractivity contribution < 1.29 is 9.50 Å². The highest BCUT2D eigenvalue weighted by atomic mass is 79.9. The van der Waals surface area contributed by atoms with Gasteiger partial charge in [0.1, 0.15) is 18.3 Å². The van der Waals surface area contributed by atoms with Gasteiger partial charge in [0, 0.05) is 6.20 Å². The zero-order valence-electron chi connectivity index (χ0n) is 16.3. The standard InChI is InChI=1S/C25H22BrFN2O/c26-22(16-27)24(30)23-17-29(18-28-23)25(19-10-4-1-5-11-19,20-12-6-2-7-13-20)21-14-8-3-9-15-21/h1-15,17-18,22,24,30H,16H2. The van der Waals surface area contributed by atoms with Gasteiger partial charge >= 0.3 is 0 Å². The first-order valence-electron chi connectivity index (χ1n) is 9.77. The third-order valence-electron chi connectivity index (χ3n) is 5.36. The SMILES string of the molecule is OC(c1cn(C(c2ccccc2)(c2ccccc2)c2ccccc2)cn1)C(Br)CF. The molecule has 0 saturated carbocycles. The van der Waals surface area contributed by atoms with Crippen LogP contribution in [-0.4, -0.2) is 26.2 Å². The van der Waals surface area contributed by atoms with Gasteiger partial charge in [-0.2, -0.15) is 0 Å². The summed E-state index contributed by atoms with van der Waals surface area (Å²) < 4.78 is 15.1. The van der Waals surface area contributed by atoms with Crippen molar-refractivity contribution >= 4 is 15.9 Å². The van der Waals surface area contributed by atoms with Crippen molar-refractivity contribution in [3.63, 3.8) is 0 Å². The minimum absolute atomic E-state index is 0.418. The van der Waals surface area contributed by atoms with Crippen LogP contribution in [0.15, 0.2) is 104 Å². The lowest BCUT2D eigenvalue weighted by atomic mass is 9.77. The molecule has 1 aromatic heterocycles. The van der Waals surface area contributed by atoms with Gasteiger partial charge in [-0.25, -0.2) is 9.37 Å². The second-order valence-corrected chi connectivity index (χ2v) is 8.31. The van der Waals surface area contributed by atoms with E-state index < -0.39 is 23.1 Å². The number of benzene rings is 3. The van der Waals surface area contributed by atoms with Gasteiger partial charge in [0.15, 0.2) is 0 Å². The minimum atomic E-state index is -1.05. The van der Waals surface area contributed by atoms with E-state index >= 15 is 0 Å². The Morgan fingerprint density at radius 3 is 1.67 bits per heavy atom. The quantitative estimate of drug-likeness (QED) is 0.290. The number of rotatable bonds is 7. The van der Waals surface area contributed by atoms with E-state index in [1.54, 1.807) is 6.33 Å². The van der Waals surface area contributed by atoms with E-state index in [1.165, 1.54) is 0 Å². The van der Waals surface area contributed by atoms with Gasteiger partial charge in [-0.3, -0.25) is 0 Å². The maximum absolute atomic E-state index is 13.1. The van der Waals surface area contributed by atoms with Gasteiger partial charge in [-0.15, -0.1) is 0 Å². The van der Waals surface area contributed by atoms with Crippen molar-refractivity contribution in [1.29, 1.82) is 0 Å². The van der Waals surface area contributed by atoms with Gasteiger partial charge in [-0.05, 0) is 16.7 Å². The van der Waals surface area contributed by atoms with E-state index in [1.807, 2.05) is 65.4 Å². The predicted octanol–water partition coefficient (Wildman–Crippen LogP) is 5.49. The fourth-order valence-electron chi connectivity index (χ4n) is 3.93. The summed E-state index contributed by atoms with van der Waals surface area (Å²) in [7, 11) is 0. The van der Waals surface area contributed by atoms with Crippen molar-refractivity contribution in [1.82, 2.24) is 9.55 Å². The predicted molar refractivity (Wildman–Crippen MR) is 120 cm³/mol. The summed E-state index contributed by atoms with van der Waals surface area (Å²) in [5, 5.41) is 10.5. The summed E-state index contributed by atoms with van der Waals surface area (Å²) in [5.74, 6) is 0. The zero-order chi connectivity index (χ0) is 21.0. The van der Waals surface area contributed by atoms with Crippen LogP contribution in [0.2, 0.25) is 0 Å². The molecule has 0 radical (unpaired) electrons. The summed E-state index contributed by atoms with van der Waals surface area (Å²) in [6.07, 6.45) is 2.47. The fourth-order valence-corrected chi connectivity index (χ4v) is 4.20. The van der Waals surface area contributed by atoms with Crippen LogP contribution in [0, 0.1) is 0 Å². The van der Waals surface area contributed by atoms with Crippen LogP contribution >= 0.6 is 15.9 Å². The van der Waals surface area contributed by atoms with E-state index in [-0.39, 0.29) is 0 Å². The molecule has 3 nitrogen and oxygen atoms in total. The third kappa shape index (κ3) is 3.59. The number of aromatic nitrogens is 2. The molecular weight excluding hydrogens is 443 g/mol. The molecule has 0 saturated heterocycles. The number of aliphatic hydroxyl groups is 1. The van der Waals surface area contributed by atoms with Gasteiger partial charge in [0.05, 0.1) is 16.8 Å². The second kappa shape index (κ2) is 8.94. The molecule has 1 N–H and O–H groups in total. The van der Waals surface area contributed by atoms with E-state index in [4.69, 9.17) is 0 Å². The van der Waals surface area contributed by atoms with Crippen LogP contribution in [-0.2, 0) is 5.54 Å². The average Bonchev–Trinajstić information content (AvgIpc) is 3.31. The molecular formula is C25H22BrFN2O. The summed E-state index contributed by atoms with van der Waals surface area (Å²) in [5.41, 5.74) is 2.89. The normalized spacial score (nSPS) is 13.7. The Labute approximate surface area is 184 Å². The van der Waals surface area contributed by atoms with Gasteiger partial charge in [0.25, 0.3) is 0 Å². The first-order valence-corrected chi connectivity index (χ1v) is 10.7. The van der Waals surface area contributed by atoms with E-state index in [2.05, 4.69) is 57.3 Å². The highest BCUT2D eigenvalue weighted by Crippen LogP contribution is 2.41. The Hall–Kier alpha value is -2.76. The molecule has 0 fully saturated rings. The molecule has 1 heterocycles. The molecule has 30 heavy (non-hydrogen) atoms. The highest BCUT2D eigenvalue weighted by molar-refractivity contribution is 9.09. The number of imidazole rings is 1. The molecule has 0 aliphatic rings. The molecule has 0 spiro atoms. The molecule has 5 heteroatoms. The number of nitrogens with zero attached hydrogens (tertiary/aromatic N) is 2. The zero-order valence-corrected chi connectivity index (χ0v) is 17.9. The molecule has 2 unspecified atom stereocenters. The van der Waals surface area contributed by atoms with Crippen molar-refractivity contribution in [2.24, 2.45) is 0 Å². The largest absolute Gasteiger partial charge is 0.385 e. The van der Waals surface area contributed by atoms with Crippen molar-refractivity contribution in [3.8, 4) is 0 Å². The van der Waals surface area contributed by atoms with E-state index in [0.717, 1.165) is 16.7 Å². The Kier molecular flexibility index (Phi) is 6.11. The molecule has 4 aromatic rings. The number of hydrogen-bond donors (Lipinski definition) is 1. The van der Waals surface area contributed by atoms with E-state index in [9.17, 15) is 9.50 Å². The fraction of sp³-hybridized carbons (Fsp3) is 0.160. The van der Waals surface area contributed by atoms with Crippen LogP contribution < -0.4 is 0 Å². The van der Waals surface area contributed by atoms with Crippen LogP contribution in [0.1, 0.15) is 28.5 Å². The topological polar surface area (TPSA) is 38.0 Å². The number of aliphatic hydroxyl groups excluding tert-OH is 1. The van der Waals surface area contributed by atoms with Crippen molar-refractivity contribution in [2.45, 2.75) is 16.5 Å². The first kappa shape index (κ1) is 20.5. The molecule has 0 aliphatic carbocycles. The average molecular weight is 465 g/mol. The first-order chi connectivity index (χ1) is 14.7. The molecule has 4 rings (SSSR count). The summed E-state index contributed by atoms with van der Waals surface area (Å²) in [6, 6.07) is 30.6. The molecule has 0 aliphatic heterocycles. The molecule has 2 atom stereocenters. The highest BCUT2D eigenvalue weighted by Gasteiger charge is 2.38. The Balaban J connectivity index is 2.00. The van der Waals surface area contributed by atoms with Gasteiger partial charge in [0.2, 0.25) is 0 Å². The lowest BCUT2D eigenvalue weighted by Gasteiger charge is -2.37. The molecule has 3 aromatic carbocycles. The van der Waals surface area contributed by atoms with Crippen LogP contribution in [0.3, 0.4) is 0 Å². The lowest BCUT2D eigenvalue weighted by molar-refractivity contribution is 0.161. The van der Waals surface area contributed by atoms with Crippen LogP contribution in [0.25, 0.3) is 0 Å². The minimum Gasteiger partial charge on any atom is -0.385 e. The monoisotopic (exact) mass is 464 g/mol. The summed E-state index contributed by atoms with van der Waals surface area (Å²) >= 11 is 3.20. The Morgan fingerprint density at radius 1 is 0.833 bits per heavy atom. The van der Waals surface area contributed by atoms with Crippen LogP contribution in [0.5, 0.6) is 0 Å². The van der Waals surface area contributed by atoms with Crippen LogP contribution in [0.4, 0.5) is 4.39 Å². The van der Waals surface area contributed by atoms with E-state index in [0.29, 0.717) is 5.69 Å². The van der Waals surface area contributed by atoms with Crippen molar-refractivity contribution in [2.75, 3.05) is 6.67 Å². The van der Waals surface area contributed by atoms with Crippen molar-refractivity contribution in [3.05, 3.63) is 126 Å². The number of alkyl halides is 2.